The molecule has 0 spiro atoms. The molecule has 1 heterocycles. The molecule has 0 unspecified atom stereocenters. The van der Waals surface area contributed by atoms with Gasteiger partial charge in [-0.1, -0.05) is 11.8 Å². The molecule has 0 aliphatic carbocycles. The van der Waals surface area contributed by atoms with Crippen LogP contribution >= 0.6 is 11.3 Å². The molecule has 21 heavy (non-hydrogen) atoms. The lowest BCUT2D eigenvalue weighted by molar-refractivity contribution is 0.103. The molecule has 1 amide bonds. The van der Waals surface area contributed by atoms with Crippen LogP contribution in [0.3, 0.4) is 0 Å². The molecule has 2 N–H and O–H groups in total. The minimum atomic E-state index is -0.535. The molecule has 0 bridgehead atoms. The normalized spacial score (nSPS) is 9.86. The standard InChI is InChI=1S/C16H14FNO2S/c1-11-5-8-15(21-11)16(20)18-14-7-6-12(10-13(14)17)4-2-3-9-19/h5-8,10,19H,3,9H2,1H3,(H,18,20). The average molecular weight is 303 g/mol. The van der Waals surface area contributed by atoms with Crippen LogP contribution in [0.4, 0.5) is 10.1 Å². The fourth-order valence-electron chi connectivity index (χ4n) is 1.66. The third kappa shape index (κ3) is 4.15. The van der Waals surface area contributed by atoms with Crippen molar-refractivity contribution < 1.29 is 14.3 Å². The van der Waals surface area contributed by atoms with Crippen LogP contribution in [0.2, 0.25) is 0 Å². The Kier molecular flexibility index (Phi) is 5.09. The van der Waals surface area contributed by atoms with E-state index >= 15 is 0 Å². The molecule has 5 heteroatoms. The number of rotatable bonds is 3. The summed E-state index contributed by atoms with van der Waals surface area (Å²) in [6.07, 6.45) is 0.345. The number of carbonyl (C=O) groups excluding carboxylic acids is 1. The van der Waals surface area contributed by atoms with Gasteiger partial charge in [-0.25, -0.2) is 4.39 Å². The zero-order valence-electron chi connectivity index (χ0n) is 11.4. The van der Waals surface area contributed by atoms with Crippen molar-refractivity contribution in [3.8, 4) is 11.8 Å². The molecule has 2 aromatic rings. The molecule has 0 atom stereocenters. The van der Waals surface area contributed by atoms with Crippen molar-refractivity contribution in [3.63, 3.8) is 0 Å². The van der Waals surface area contributed by atoms with Gasteiger partial charge in [0.05, 0.1) is 17.2 Å². The summed E-state index contributed by atoms with van der Waals surface area (Å²) < 4.78 is 13.9. The first kappa shape index (κ1) is 15.2. The topological polar surface area (TPSA) is 49.3 Å². The Morgan fingerprint density at radius 3 is 2.81 bits per heavy atom. The number of hydrogen-bond donors (Lipinski definition) is 2. The number of aliphatic hydroxyl groups is 1. The number of hydrogen-bond acceptors (Lipinski definition) is 3. The van der Waals surface area contributed by atoms with Crippen molar-refractivity contribution in [3.05, 3.63) is 51.5 Å². The molecule has 1 aromatic heterocycles. The van der Waals surface area contributed by atoms with E-state index in [4.69, 9.17) is 5.11 Å². The van der Waals surface area contributed by atoms with E-state index in [1.165, 1.54) is 23.5 Å². The number of carbonyl (C=O) groups is 1. The van der Waals surface area contributed by atoms with Crippen molar-refractivity contribution in [2.24, 2.45) is 0 Å². The second kappa shape index (κ2) is 7.02. The molecule has 0 saturated carbocycles. The lowest BCUT2D eigenvalue weighted by Crippen LogP contribution is -2.11. The van der Waals surface area contributed by atoms with E-state index in [9.17, 15) is 9.18 Å². The van der Waals surface area contributed by atoms with E-state index in [1.54, 1.807) is 12.1 Å². The molecular formula is C16H14FNO2S. The van der Waals surface area contributed by atoms with Gasteiger partial charge in [0.15, 0.2) is 0 Å². The summed E-state index contributed by atoms with van der Waals surface area (Å²) in [5, 5.41) is 11.2. The lowest BCUT2D eigenvalue weighted by Gasteiger charge is -2.05. The zero-order valence-corrected chi connectivity index (χ0v) is 12.3. The molecule has 3 nitrogen and oxygen atoms in total. The van der Waals surface area contributed by atoms with Gasteiger partial charge in [-0.2, -0.15) is 0 Å². The minimum absolute atomic E-state index is 0.0240. The smallest absolute Gasteiger partial charge is 0.265 e. The van der Waals surface area contributed by atoms with Crippen LogP contribution < -0.4 is 5.32 Å². The summed E-state index contributed by atoms with van der Waals surface area (Å²) >= 11 is 1.36. The predicted molar refractivity (Wildman–Crippen MR) is 82.0 cm³/mol. The molecule has 108 valence electrons. The quantitative estimate of drug-likeness (QED) is 0.856. The summed E-state index contributed by atoms with van der Waals surface area (Å²) in [6, 6.07) is 7.93. The third-order valence-corrected chi connectivity index (χ3v) is 3.65. The number of nitrogens with one attached hydrogen (secondary N) is 1. The molecule has 0 aliphatic heterocycles. The second-order valence-corrected chi connectivity index (χ2v) is 5.62. The van der Waals surface area contributed by atoms with E-state index in [0.29, 0.717) is 16.9 Å². The number of amides is 1. The monoisotopic (exact) mass is 303 g/mol. The van der Waals surface area contributed by atoms with Crippen molar-refractivity contribution in [1.29, 1.82) is 0 Å². The highest BCUT2D eigenvalue weighted by molar-refractivity contribution is 7.14. The van der Waals surface area contributed by atoms with E-state index in [2.05, 4.69) is 17.2 Å². The number of aryl methyl sites for hydroxylation is 1. The van der Waals surface area contributed by atoms with Gasteiger partial charge in [0.25, 0.3) is 5.91 Å². The Balaban J connectivity index is 2.11. The van der Waals surface area contributed by atoms with Crippen LogP contribution in [-0.2, 0) is 0 Å². The fourth-order valence-corrected chi connectivity index (χ4v) is 2.42. The average Bonchev–Trinajstić information content (AvgIpc) is 2.89. The molecule has 0 saturated heterocycles. The molecular weight excluding hydrogens is 289 g/mol. The van der Waals surface area contributed by atoms with Gasteiger partial charge in [-0.05, 0) is 37.3 Å². The second-order valence-electron chi connectivity index (χ2n) is 4.33. The Hall–Kier alpha value is -2.16. The van der Waals surface area contributed by atoms with Crippen molar-refractivity contribution >= 4 is 22.9 Å². The molecule has 0 fully saturated rings. The fraction of sp³-hybridized carbons (Fsp3) is 0.188. The number of benzene rings is 1. The summed E-state index contributed by atoms with van der Waals surface area (Å²) in [6.45, 7) is 1.88. The predicted octanol–water partition coefficient (Wildman–Crippen LogP) is 3.18. The number of aliphatic hydroxyl groups excluding tert-OH is 1. The van der Waals surface area contributed by atoms with Crippen molar-refractivity contribution in [2.75, 3.05) is 11.9 Å². The maximum absolute atomic E-state index is 13.9. The molecule has 2 rings (SSSR count). The SMILES string of the molecule is Cc1ccc(C(=O)Nc2ccc(C#CCCO)cc2F)s1. The summed E-state index contributed by atoms with van der Waals surface area (Å²) in [4.78, 5) is 13.5. The third-order valence-electron chi connectivity index (χ3n) is 2.65. The van der Waals surface area contributed by atoms with Gasteiger partial charge in [-0.15, -0.1) is 11.3 Å². The Morgan fingerprint density at radius 1 is 1.38 bits per heavy atom. The highest BCUT2D eigenvalue weighted by atomic mass is 32.1. The van der Waals surface area contributed by atoms with E-state index in [-0.39, 0.29) is 18.2 Å². The molecule has 1 aromatic carbocycles. The van der Waals surface area contributed by atoms with Crippen molar-refractivity contribution in [1.82, 2.24) is 0 Å². The first-order valence-corrected chi connectivity index (χ1v) is 7.19. The highest BCUT2D eigenvalue weighted by Gasteiger charge is 2.11. The maximum Gasteiger partial charge on any atom is 0.265 e. The molecule has 0 radical (unpaired) electrons. The maximum atomic E-state index is 13.9. The number of anilines is 1. The van der Waals surface area contributed by atoms with E-state index < -0.39 is 5.82 Å². The van der Waals surface area contributed by atoms with Crippen LogP contribution in [0.5, 0.6) is 0 Å². The Bertz CT molecular complexity index is 713. The van der Waals surface area contributed by atoms with Gasteiger partial charge in [0.1, 0.15) is 5.82 Å². The highest BCUT2D eigenvalue weighted by Crippen LogP contribution is 2.19. The van der Waals surface area contributed by atoms with Gasteiger partial charge >= 0.3 is 0 Å². The van der Waals surface area contributed by atoms with Crippen LogP contribution in [0.15, 0.2) is 30.3 Å². The lowest BCUT2D eigenvalue weighted by atomic mass is 10.2. The van der Waals surface area contributed by atoms with Crippen LogP contribution in [-0.4, -0.2) is 17.6 Å². The van der Waals surface area contributed by atoms with Crippen LogP contribution in [0.1, 0.15) is 26.5 Å². The zero-order chi connectivity index (χ0) is 15.2. The summed E-state index contributed by atoms with van der Waals surface area (Å²) in [7, 11) is 0. The van der Waals surface area contributed by atoms with Gasteiger partial charge < -0.3 is 10.4 Å². The van der Waals surface area contributed by atoms with E-state index in [1.807, 2.05) is 13.0 Å². The van der Waals surface area contributed by atoms with E-state index in [0.717, 1.165) is 4.88 Å². The number of halogens is 1. The molecule has 0 aliphatic rings. The minimum Gasteiger partial charge on any atom is -0.395 e. The largest absolute Gasteiger partial charge is 0.395 e. The first-order valence-electron chi connectivity index (χ1n) is 6.37. The number of thiophene rings is 1. The first-order chi connectivity index (χ1) is 10.1. The van der Waals surface area contributed by atoms with Gasteiger partial charge in [0, 0.05) is 16.9 Å². The Morgan fingerprint density at radius 2 is 2.19 bits per heavy atom. The van der Waals surface area contributed by atoms with Gasteiger partial charge in [-0.3, -0.25) is 4.79 Å². The summed E-state index contributed by atoms with van der Waals surface area (Å²) in [5.41, 5.74) is 0.629. The van der Waals surface area contributed by atoms with Crippen molar-refractivity contribution in [2.45, 2.75) is 13.3 Å². The van der Waals surface area contributed by atoms with Gasteiger partial charge in [0.2, 0.25) is 0 Å². The van der Waals surface area contributed by atoms with Crippen LogP contribution in [0.25, 0.3) is 0 Å². The summed E-state index contributed by atoms with van der Waals surface area (Å²) in [5.74, 6) is 4.59. The van der Waals surface area contributed by atoms with Crippen LogP contribution in [0, 0.1) is 24.6 Å². The Labute approximate surface area is 126 Å².